The molecule has 4 heterocycles. The molecule has 1 aliphatic heterocycles. The Morgan fingerprint density at radius 3 is 2.77 bits per heavy atom. The molecule has 1 aliphatic rings. The van der Waals surface area contributed by atoms with Crippen LogP contribution in [0.3, 0.4) is 0 Å². The van der Waals surface area contributed by atoms with Gasteiger partial charge in [-0.15, -0.1) is 0 Å². The molecule has 0 spiro atoms. The number of rotatable bonds is 5. The number of hydrogen-bond donors (Lipinski definition) is 1. The molecule has 4 rings (SSSR count). The predicted octanol–water partition coefficient (Wildman–Crippen LogP) is 2.03. The van der Waals surface area contributed by atoms with E-state index in [1.807, 2.05) is 11.8 Å². The van der Waals surface area contributed by atoms with Crippen LogP contribution >= 0.6 is 0 Å². The first kappa shape index (κ1) is 20.5. The molecule has 9 nitrogen and oxygen atoms in total. The zero-order valence-electron chi connectivity index (χ0n) is 16.4. The van der Waals surface area contributed by atoms with Gasteiger partial charge in [0, 0.05) is 31.0 Å². The summed E-state index contributed by atoms with van der Waals surface area (Å²) < 4.78 is 53.6. The van der Waals surface area contributed by atoms with Crippen molar-refractivity contribution in [2.45, 2.75) is 38.3 Å². The Balaban J connectivity index is 1.68. The minimum absolute atomic E-state index is 0.118. The van der Waals surface area contributed by atoms with Crippen LogP contribution in [0.4, 0.5) is 14.6 Å². The molecule has 1 fully saturated rings. The van der Waals surface area contributed by atoms with Crippen LogP contribution in [-0.4, -0.2) is 57.6 Å². The number of imidazole rings is 1. The number of alkyl halides is 2. The van der Waals surface area contributed by atoms with E-state index in [-0.39, 0.29) is 17.8 Å². The van der Waals surface area contributed by atoms with E-state index < -0.39 is 16.4 Å². The smallest absolute Gasteiger partial charge is 0.281 e. The molecule has 0 amide bonds. The minimum Gasteiger partial charge on any atom is -0.352 e. The van der Waals surface area contributed by atoms with E-state index in [1.165, 1.54) is 23.0 Å². The summed E-state index contributed by atoms with van der Waals surface area (Å²) in [6.07, 6.45) is 5.59. The molecule has 0 saturated carbocycles. The molecule has 2 atom stereocenters. The molecule has 1 N–H and O–H groups in total. The Morgan fingerprint density at radius 1 is 1.23 bits per heavy atom. The summed E-state index contributed by atoms with van der Waals surface area (Å²) in [6.45, 7) is 2.66. The number of hydrogen-bond acceptors (Lipinski definition) is 7. The molecule has 0 aliphatic carbocycles. The number of aromatic nitrogens is 5. The van der Waals surface area contributed by atoms with Crippen LogP contribution in [0.25, 0.3) is 17.2 Å². The zero-order chi connectivity index (χ0) is 21.5. The summed E-state index contributed by atoms with van der Waals surface area (Å²) in [7, 11) is -3.33. The van der Waals surface area contributed by atoms with Crippen LogP contribution in [0.5, 0.6) is 0 Å². The van der Waals surface area contributed by atoms with Gasteiger partial charge in [0.25, 0.3) is 6.43 Å². The highest BCUT2D eigenvalue weighted by Gasteiger charge is 2.31. The van der Waals surface area contributed by atoms with Crippen molar-refractivity contribution in [1.82, 2.24) is 29.1 Å². The number of halogens is 2. The van der Waals surface area contributed by atoms with E-state index in [9.17, 15) is 17.2 Å². The van der Waals surface area contributed by atoms with E-state index in [4.69, 9.17) is 0 Å². The fraction of sp³-hybridized carbons (Fsp3) is 0.444. The number of fused-ring (bicyclic) bond motifs is 1. The van der Waals surface area contributed by atoms with E-state index >= 15 is 0 Å². The van der Waals surface area contributed by atoms with Gasteiger partial charge in [-0.1, -0.05) is 0 Å². The molecule has 3 aromatic rings. The van der Waals surface area contributed by atoms with Gasteiger partial charge in [0.05, 0.1) is 18.6 Å². The van der Waals surface area contributed by atoms with Crippen molar-refractivity contribution in [3.63, 3.8) is 0 Å². The summed E-state index contributed by atoms with van der Waals surface area (Å²) in [4.78, 5) is 18.8. The molecule has 160 valence electrons. The topological polar surface area (TPSA) is 105 Å². The Kier molecular flexibility index (Phi) is 5.36. The van der Waals surface area contributed by atoms with Gasteiger partial charge in [-0.2, -0.15) is 0 Å². The number of nitrogens with zero attached hydrogens (tertiary/aromatic N) is 6. The molecule has 2 unspecified atom stereocenters. The highest BCUT2D eigenvalue weighted by molar-refractivity contribution is 7.88. The summed E-state index contributed by atoms with van der Waals surface area (Å²) in [6, 6.07) is 1.40. The van der Waals surface area contributed by atoms with E-state index in [1.54, 1.807) is 12.3 Å². The van der Waals surface area contributed by atoms with E-state index in [0.717, 1.165) is 19.1 Å². The van der Waals surface area contributed by atoms with Gasteiger partial charge < -0.3 is 4.90 Å². The quantitative estimate of drug-likeness (QED) is 0.651. The van der Waals surface area contributed by atoms with Gasteiger partial charge in [0.1, 0.15) is 17.2 Å². The zero-order valence-corrected chi connectivity index (χ0v) is 17.2. The number of anilines is 1. The molecular formula is C18H21F2N7O2S. The van der Waals surface area contributed by atoms with Crippen LogP contribution in [-0.2, 0) is 10.0 Å². The number of nitrogens with one attached hydrogen (secondary N) is 1. The minimum atomic E-state index is -3.33. The summed E-state index contributed by atoms with van der Waals surface area (Å²) >= 11 is 0. The van der Waals surface area contributed by atoms with Gasteiger partial charge in [-0.3, -0.25) is 4.40 Å². The first-order valence-corrected chi connectivity index (χ1v) is 11.3. The predicted molar refractivity (Wildman–Crippen MR) is 107 cm³/mol. The molecule has 30 heavy (non-hydrogen) atoms. The van der Waals surface area contributed by atoms with Crippen molar-refractivity contribution in [3.05, 3.63) is 36.5 Å². The normalized spacial score (nSPS) is 20.2. The molecule has 0 bridgehead atoms. The van der Waals surface area contributed by atoms with Gasteiger partial charge in [0.15, 0.2) is 11.5 Å². The Hall–Kier alpha value is -2.73. The third-order valence-electron chi connectivity index (χ3n) is 5.16. The lowest BCUT2D eigenvalue weighted by atomic mass is 9.98. The highest BCUT2D eigenvalue weighted by Crippen LogP contribution is 2.26. The number of piperidine rings is 1. The van der Waals surface area contributed by atoms with E-state index in [2.05, 4.69) is 24.7 Å². The van der Waals surface area contributed by atoms with Crippen molar-refractivity contribution < 1.29 is 17.2 Å². The summed E-state index contributed by atoms with van der Waals surface area (Å²) in [5, 5.41) is 0. The fourth-order valence-electron chi connectivity index (χ4n) is 3.71. The molecule has 12 heteroatoms. The maximum absolute atomic E-state index is 13.1. The van der Waals surface area contributed by atoms with Gasteiger partial charge >= 0.3 is 0 Å². The maximum atomic E-state index is 13.1. The van der Waals surface area contributed by atoms with Crippen LogP contribution < -0.4 is 9.62 Å². The SMILES string of the molecule is CC1C(NS(C)(=O)=O)CCCN1c1ccnc(-c2cnc3cnc(C(F)F)cn23)n1. The average molecular weight is 437 g/mol. The molecule has 0 radical (unpaired) electrons. The lowest BCUT2D eigenvalue weighted by molar-refractivity contribution is 0.145. The van der Waals surface area contributed by atoms with Crippen LogP contribution in [0.1, 0.15) is 31.9 Å². The first-order chi connectivity index (χ1) is 14.2. The summed E-state index contributed by atoms with van der Waals surface area (Å²) in [5.41, 5.74) is 0.510. The molecule has 3 aromatic heterocycles. The average Bonchev–Trinajstić information content (AvgIpc) is 3.12. The molecule has 0 aromatic carbocycles. The van der Waals surface area contributed by atoms with Crippen molar-refractivity contribution in [3.8, 4) is 11.5 Å². The van der Waals surface area contributed by atoms with Crippen LogP contribution in [0.2, 0.25) is 0 Å². The van der Waals surface area contributed by atoms with Crippen molar-refractivity contribution in [1.29, 1.82) is 0 Å². The lowest BCUT2D eigenvalue weighted by Gasteiger charge is -2.40. The Morgan fingerprint density at radius 2 is 2.03 bits per heavy atom. The Labute approximate surface area is 172 Å². The fourth-order valence-corrected chi connectivity index (χ4v) is 4.58. The second kappa shape index (κ2) is 7.84. The van der Waals surface area contributed by atoms with Crippen molar-refractivity contribution in [2.75, 3.05) is 17.7 Å². The highest BCUT2D eigenvalue weighted by atomic mass is 32.2. The van der Waals surface area contributed by atoms with E-state index in [0.29, 0.717) is 29.5 Å². The monoisotopic (exact) mass is 437 g/mol. The van der Waals surface area contributed by atoms with Crippen LogP contribution in [0.15, 0.2) is 30.9 Å². The Bertz CT molecular complexity index is 1170. The third-order valence-corrected chi connectivity index (χ3v) is 5.89. The first-order valence-electron chi connectivity index (χ1n) is 9.41. The third kappa shape index (κ3) is 4.10. The van der Waals surface area contributed by atoms with Crippen LogP contribution in [0, 0.1) is 0 Å². The summed E-state index contributed by atoms with van der Waals surface area (Å²) in [5.74, 6) is 0.961. The van der Waals surface area contributed by atoms with Crippen molar-refractivity contribution in [2.24, 2.45) is 0 Å². The lowest BCUT2D eigenvalue weighted by Crippen LogP contribution is -2.54. The molecule has 1 saturated heterocycles. The number of sulfonamides is 1. The van der Waals surface area contributed by atoms with Gasteiger partial charge in [-0.05, 0) is 25.8 Å². The molecular weight excluding hydrogens is 416 g/mol. The largest absolute Gasteiger partial charge is 0.352 e. The van der Waals surface area contributed by atoms with Gasteiger partial charge in [0.2, 0.25) is 10.0 Å². The standard InChI is InChI=1S/C18H21F2N7O2S/c1-11-12(25-30(2,28)29)4-3-7-26(11)15-5-6-21-18(24-15)14-8-23-16-9-22-13(17(19)20)10-27(14)16/h5-6,8-12,17,25H,3-4,7H2,1-2H3. The second-order valence-corrected chi connectivity index (χ2v) is 9.08. The maximum Gasteiger partial charge on any atom is 0.281 e. The van der Waals surface area contributed by atoms with Crippen molar-refractivity contribution >= 4 is 21.5 Å². The second-order valence-electron chi connectivity index (χ2n) is 7.30. The van der Waals surface area contributed by atoms with Gasteiger partial charge in [-0.25, -0.2) is 41.9 Å².